The molecule has 0 bridgehead atoms. The van der Waals surface area contributed by atoms with E-state index in [0.29, 0.717) is 12.1 Å². The standard InChI is InChI=1S/C14H12F3NOS/c15-14(16,17)20-12-7-5-11(6-8-12)13(19)18-9-10-3-1-2-4-10/h1-8,10H,9H2,(H,18,19). The highest BCUT2D eigenvalue weighted by molar-refractivity contribution is 8.00. The molecule has 1 aromatic rings. The lowest BCUT2D eigenvalue weighted by atomic mass is 10.1. The van der Waals surface area contributed by atoms with Crippen LogP contribution in [-0.4, -0.2) is 18.0 Å². The van der Waals surface area contributed by atoms with Gasteiger partial charge in [0.2, 0.25) is 0 Å². The molecule has 20 heavy (non-hydrogen) atoms. The molecule has 0 atom stereocenters. The van der Waals surface area contributed by atoms with Gasteiger partial charge in [0.1, 0.15) is 0 Å². The maximum atomic E-state index is 12.2. The second-order valence-corrected chi connectivity index (χ2v) is 5.35. The van der Waals surface area contributed by atoms with Gasteiger partial charge in [-0.2, -0.15) is 13.2 Å². The summed E-state index contributed by atoms with van der Waals surface area (Å²) in [5.74, 6) is -0.110. The van der Waals surface area contributed by atoms with Gasteiger partial charge >= 0.3 is 5.51 Å². The van der Waals surface area contributed by atoms with Crippen molar-refractivity contribution in [1.82, 2.24) is 5.32 Å². The van der Waals surface area contributed by atoms with Crippen LogP contribution in [0.3, 0.4) is 0 Å². The molecular weight excluding hydrogens is 287 g/mol. The van der Waals surface area contributed by atoms with E-state index in [0.717, 1.165) is 0 Å². The molecule has 1 aromatic carbocycles. The smallest absolute Gasteiger partial charge is 0.351 e. The van der Waals surface area contributed by atoms with Gasteiger partial charge in [-0.05, 0) is 36.0 Å². The lowest BCUT2D eigenvalue weighted by Crippen LogP contribution is -2.27. The maximum Gasteiger partial charge on any atom is 0.446 e. The average Bonchev–Trinajstić information content (AvgIpc) is 2.88. The normalized spacial score (nSPS) is 14.8. The van der Waals surface area contributed by atoms with Gasteiger partial charge in [-0.25, -0.2) is 0 Å². The van der Waals surface area contributed by atoms with Crippen LogP contribution in [0.2, 0.25) is 0 Å². The highest BCUT2D eigenvalue weighted by atomic mass is 32.2. The van der Waals surface area contributed by atoms with Gasteiger partial charge in [-0.3, -0.25) is 4.79 Å². The molecule has 0 saturated heterocycles. The molecule has 1 aliphatic carbocycles. The van der Waals surface area contributed by atoms with Gasteiger partial charge in [-0.1, -0.05) is 24.3 Å². The molecule has 0 aliphatic heterocycles. The Bertz CT molecular complexity index is 522. The van der Waals surface area contributed by atoms with E-state index in [-0.39, 0.29) is 28.5 Å². The number of hydrogen-bond donors (Lipinski definition) is 1. The summed E-state index contributed by atoms with van der Waals surface area (Å²) < 4.78 is 36.5. The van der Waals surface area contributed by atoms with Crippen molar-refractivity contribution >= 4 is 17.7 Å². The first-order valence-electron chi connectivity index (χ1n) is 5.93. The number of nitrogens with one attached hydrogen (secondary N) is 1. The Hall–Kier alpha value is -1.69. The summed E-state index contributed by atoms with van der Waals surface area (Å²) in [6, 6.07) is 5.37. The molecule has 0 unspecified atom stereocenters. The summed E-state index contributed by atoms with van der Waals surface area (Å²) in [5.41, 5.74) is -3.97. The van der Waals surface area contributed by atoms with Gasteiger partial charge in [0, 0.05) is 22.9 Å². The minimum absolute atomic E-state index is 0.0655. The first-order chi connectivity index (χ1) is 9.44. The number of benzene rings is 1. The molecule has 6 heteroatoms. The molecule has 1 aliphatic rings. The third kappa shape index (κ3) is 4.45. The van der Waals surface area contributed by atoms with Gasteiger partial charge in [-0.15, -0.1) is 0 Å². The Labute approximate surface area is 118 Å². The number of amides is 1. The monoisotopic (exact) mass is 299 g/mol. The van der Waals surface area contributed by atoms with Crippen molar-refractivity contribution in [1.29, 1.82) is 0 Å². The lowest BCUT2D eigenvalue weighted by Gasteiger charge is -2.09. The van der Waals surface area contributed by atoms with Gasteiger partial charge < -0.3 is 5.32 Å². The molecule has 2 nitrogen and oxygen atoms in total. The van der Waals surface area contributed by atoms with E-state index in [2.05, 4.69) is 5.32 Å². The summed E-state index contributed by atoms with van der Waals surface area (Å²) in [6.07, 6.45) is 7.73. The predicted octanol–water partition coefficient (Wildman–Crippen LogP) is 3.77. The van der Waals surface area contributed by atoms with E-state index in [1.807, 2.05) is 24.3 Å². The van der Waals surface area contributed by atoms with E-state index < -0.39 is 5.51 Å². The van der Waals surface area contributed by atoms with Crippen molar-refractivity contribution in [2.75, 3.05) is 6.54 Å². The number of allylic oxidation sites excluding steroid dienone is 2. The molecule has 0 saturated carbocycles. The number of thioether (sulfide) groups is 1. The van der Waals surface area contributed by atoms with Gasteiger partial charge in [0.05, 0.1) is 0 Å². The van der Waals surface area contributed by atoms with E-state index in [1.165, 1.54) is 24.3 Å². The zero-order valence-electron chi connectivity index (χ0n) is 10.4. The summed E-state index contributed by atoms with van der Waals surface area (Å²) in [4.78, 5) is 11.9. The van der Waals surface area contributed by atoms with Crippen LogP contribution in [0.1, 0.15) is 10.4 Å². The molecule has 0 radical (unpaired) electrons. The molecular formula is C14H12F3NOS. The van der Waals surface area contributed by atoms with Crippen molar-refractivity contribution in [3.05, 3.63) is 54.1 Å². The Morgan fingerprint density at radius 2 is 1.75 bits per heavy atom. The second kappa shape index (κ2) is 6.17. The number of hydrogen-bond acceptors (Lipinski definition) is 2. The molecule has 1 N–H and O–H groups in total. The van der Waals surface area contributed by atoms with Crippen LogP contribution in [0.5, 0.6) is 0 Å². The number of carbonyl (C=O) groups is 1. The summed E-state index contributed by atoms with van der Waals surface area (Å²) in [5, 5.41) is 2.74. The SMILES string of the molecule is O=C(NCC1C=CC=C1)c1ccc(SC(F)(F)F)cc1. The summed E-state index contributed by atoms with van der Waals surface area (Å²) in [7, 11) is 0. The summed E-state index contributed by atoms with van der Waals surface area (Å²) >= 11 is -0.195. The van der Waals surface area contributed by atoms with E-state index >= 15 is 0 Å². The van der Waals surface area contributed by atoms with Crippen molar-refractivity contribution in [2.24, 2.45) is 5.92 Å². The highest BCUT2D eigenvalue weighted by Gasteiger charge is 2.29. The summed E-state index contributed by atoms with van der Waals surface area (Å²) in [6.45, 7) is 0.477. The Balaban J connectivity index is 1.90. The van der Waals surface area contributed by atoms with Crippen molar-refractivity contribution < 1.29 is 18.0 Å². The van der Waals surface area contributed by atoms with Crippen molar-refractivity contribution in [3.63, 3.8) is 0 Å². The highest BCUT2D eigenvalue weighted by Crippen LogP contribution is 2.36. The topological polar surface area (TPSA) is 29.1 Å². The Morgan fingerprint density at radius 3 is 2.30 bits per heavy atom. The quantitative estimate of drug-likeness (QED) is 0.857. The largest absolute Gasteiger partial charge is 0.446 e. The average molecular weight is 299 g/mol. The molecule has 1 amide bonds. The van der Waals surface area contributed by atoms with Crippen LogP contribution in [-0.2, 0) is 0 Å². The van der Waals surface area contributed by atoms with E-state index in [9.17, 15) is 18.0 Å². The third-order valence-corrected chi connectivity index (χ3v) is 3.42. The van der Waals surface area contributed by atoms with E-state index in [4.69, 9.17) is 0 Å². The van der Waals surface area contributed by atoms with Crippen molar-refractivity contribution in [3.8, 4) is 0 Å². The fraction of sp³-hybridized carbons (Fsp3) is 0.214. The fourth-order valence-electron chi connectivity index (χ4n) is 1.73. The number of rotatable bonds is 4. The van der Waals surface area contributed by atoms with Gasteiger partial charge in [0.15, 0.2) is 0 Å². The zero-order valence-corrected chi connectivity index (χ0v) is 11.2. The number of carbonyl (C=O) groups excluding carboxylic acids is 1. The molecule has 2 rings (SSSR count). The maximum absolute atomic E-state index is 12.2. The van der Waals surface area contributed by atoms with Crippen LogP contribution < -0.4 is 5.32 Å². The van der Waals surface area contributed by atoms with Crippen LogP contribution in [0, 0.1) is 5.92 Å². The number of halogens is 3. The third-order valence-electron chi connectivity index (χ3n) is 2.68. The first kappa shape index (κ1) is 14.7. The Kier molecular flexibility index (Phi) is 4.54. The lowest BCUT2D eigenvalue weighted by molar-refractivity contribution is -0.0328. The second-order valence-electron chi connectivity index (χ2n) is 4.22. The molecule has 106 valence electrons. The van der Waals surface area contributed by atoms with Crippen LogP contribution in [0.25, 0.3) is 0 Å². The Morgan fingerprint density at radius 1 is 1.15 bits per heavy atom. The van der Waals surface area contributed by atoms with Crippen molar-refractivity contribution in [2.45, 2.75) is 10.4 Å². The predicted molar refractivity (Wildman–Crippen MR) is 72.5 cm³/mol. The van der Waals surface area contributed by atoms with Gasteiger partial charge in [0.25, 0.3) is 5.91 Å². The molecule has 0 aromatic heterocycles. The van der Waals surface area contributed by atoms with Crippen LogP contribution in [0.4, 0.5) is 13.2 Å². The number of alkyl halides is 3. The minimum Gasteiger partial charge on any atom is -0.351 e. The zero-order chi connectivity index (χ0) is 14.6. The van der Waals surface area contributed by atoms with E-state index in [1.54, 1.807) is 0 Å². The fourth-order valence-corrected chi connectivity index (χ4v) is 2.27. The molecule has 0 spiro atoms. The van der Waals surface area contributed by atoms with Crippen LogP contribution in [0.15, 0.2) is 53.5 Å². The minimum atomic E-state index is -4.31. The first-order valence-corrected chi connectivity index (χ1v) is 6.75. The molecule has 0 heterocycles. The molecule has 0 fully saturated rings. The van der Waals surface area contributed by atoms with Crippen LogP contribution >= 0.6 is 11.8 Å².